The van der Waals surface area contributed by atoms with Gasteiger partial charge in [0.05, 0.1) is 22.8 Å². The lowest BCUT2D eigenvalue weighted by atomic mass is 9.92. The Hall–Kier alpha value is -2.30. The summed E-state index contributed by atoms with van der Waals surface area (Å²) >= 11 is 11.5. The molecule has 0 spiro atoms. The molecule has 1 aliphatic rings. The second kappa shape index (κ2) is 23.4. The molecule has 1 rings (SSSR count). The van der Waals surface area contributed by atoms with Crippen LogP contribution in [-0.2, 0) is 9.59 Å². The lowest BCUT2D eigenvalue weighted by Crippen LogP contribution is -2.21. The number of allylic oxidation sites excluding steroid dienone is 10. The second-order valence-electron chi connectivity index (χ2n) is 10.5. The van der Waals surface area contributed by atoms with Crippen LogP contribution in [0.25, 0.3) is 0 Å². The summed E-state index contributed by atoms with van der Waals surface area (Å²) in [5.74, 6) is -0.827. The highest BCUT2D eigenvalue weighted by atomic mass is 35.5. The monoisotopic (exact) mass is 607 g/mol. The highest BCUT2D eigenvalue weighted by Gasteiger charge is 2.23. The number of carbonyl (C=O) groups excluding carboxylic acids is 2. The molecule has 0 aromatic carbocycles. The molecule has 0 aliphatic carbocycles. The summed E-state index contributed by atoms with van der Waals surface area (Å²) in [5, 5.41) is 24.8. The molecule has 228 valence electrons. The fourth-order valence-corrected chi connectivity index (χ4v) is 3.13. The molecule has 1 heterocycles. The van der Waals surface area contributed by atoms with Crippen LogP contribution in [0.2, 0.25) is 0 Å². The molecule has 5 N–H and O–H groups in total. The van der Waals surface area contributed by atoms with Gasteiger partial charge in [-0.1, -0.05) is 69.6 Å². The van der Waals surface area contributed by atoms with Crippen LogP contribution in [0.3, 0.4) is 0 Å². The third kappa shape index (κ3) is 23.6. The van der Waals surface area contributed by atoms with Gasteiger partial charge in [-0.2, -0.15) is 0 Å². The average molecular weight is 609 g/mol. The Kier molecular flexibility index (Phi) is 23.3. The quantitative estimate of drug-likeness (QED) is 0.101. The summed E-state index contributed by atoms with van der Waals surface area (Å²) in [5.41, 5.74) is 0.937. The van der Waals surface area contributed by atoms with Gasteiger partial charge >= 0.3 is 0 Å². The van der Waals surface area contributed by atoms with Gasteiger partial charge < -0.3 is 26.2 Å². The molecule has 0 radical (unpaired) electrons. The lowest BCUT2D eigenvalue weighted by Gasteiger charge is -2.12. The molecule has 1 fully saturated rings. The SMILES string of the molecule is C=C/C(Cl)=C(F)\C=C/C[C@H]1CNC[C@H]1/C=C/C(F)=C(Cl)\C=C(/C)NC=O.CC(C)(C)C.O=CNCC[C@@H](O)CO. The number of hydrogen-bond acceptors (Lipinski definition) is 5. The molecule has 1 saturated heterocycles. The van der Waals surface area contributed by atoms with E-state index >= 15 is 0 Å². The van der Waals surface area contributed by atoms with Gasteiger partial charge in [0.15, 0.2) is 0 Å². The van der Waals surface area contributed by atoms with Crippen LogP contribution in [0.4, 0.5) is 8.78 Å². The van der Waals surface area contributed by atoms with Crippen LogP contribution in [0.1, 0.15) is 47.5 Å². The molecule has 2 amide bonds. The number of halogens is 4. The summed E-state index contributed by atoms with van der Waals surface area (Å²) in [6.07, 6.45) is 10.0. The second-order valence-corrected chi connectivity index (χ2v) is 11.3. The van der Waals surface area contributed by atoms with Crippen molar-refractivity contribution in [2.75, 3.05) is 26.2 Å². The Morgan fingerprint density at radius 2 is 1.70 bits per heavy atom. The maximum atomic E-state index is 14.0. The number of rotatable bonds is 14. The van der Waals surface area contributed by atoms with Crippen LogP contribution in [0.5, 0.6) is 0 Å². The Morgan fingerprint density at radius 1 is 1.10 bits per heavy atom. The third-order valence-electron chi connectivity index (χ3n) is 4.77. The zero-order valence-corrected chi connectivity index (χ0v) is 25.5. The first-order valence-corrected chi connectivity index (χ1v) is 13.6. The fourth-order valence-electron chi connectivity index (χ4n) is 2.84. The van der Waals surface area contributed by atoms with Crippen molar-refractivity contribution >= 4 is 36.0 Å². The van der Waals surface area contributed by atoms with E-state index in [9.17, 15) is 18.4 Å². The third-order valence-corrected chi connectivity index (χ3v) is 5.39. The molecule has 40 heavy (non-hydrogen) atoms. The summed E-state index contributed by atoms with van der Waals surface area (Å²) in [6.45, 7) is 15.4. The van der Waals surface area contributed by atoms with Crippen LogP contribution in [-0.4, -0.2) is 55.4 Å². The van der Waals surface area contributed by atoms with Crippen molar-refractivity contribution < 1.29 is 28.6 Å². The Labute approximate surface area is 247 Å². The van der Waals surface area contributed by atoms with E-state index in [-0.39, 0.29) is 28.5 Å². The summed E-state index contributed by atoms with van der Waals surface area (Å²) in [4.78, 5) is 19.9. The zero-order valence-electron chi connectivity index (χ0n) is 24.0. The number of hydrogen-bond donors (Lipinski definition) is 5. The van der Waals surface area contributed by atoms with Crippen LogP contribution in [0, 0.1) is 17.3 Å². The van der Waals surface area contributed by atoms with Gasteiger partial charge in [-0.15, -0.1) is 0 Å². The van der Waals surface area contributed by atoms with Crippen molar-refractivity contribution in [3.05, 3.63) is 70.5 Å². The molecule has 11 heteroatoms. The van der Waals surface area contributed by atoms with E-state index in [2.05, 4.69) is 50.2 Å². The number of carbonyl (C=O) groups is 2. The highest BCUT2D eigenvalue weighted by Crippen LogP contribution is 2.25. The number of aliphatic hydroxyl groups is 2. The Bertz CT molecular complexity index is 907. The Balaban J connectivity index is 0. The van der Waals surface area contributed by atoms with E-state index in [0.717, 1.165) is 6.54 Å². The summed E-state index contributed by atoms with van der Waals surface area (Å²) in [7, 11) is 0. The molecular formula is C29H45Cl2F2N3O4. The molecule has 0 aromatic rings. The lowest BCUT2D eigenvalue weighted by molar-refractivity contribution is -0.110. The minimum absolute atomic E-state index is 0.0310. The van der Waals surface area contributed by atoms with Crippen molar-refractivity contribution in [3.8, 4) is 0 Å². The molecule has 7 nitrogen and oxygen atoms in total. The van der Waals surface area contributed by atoms with Gasteiger partial charge in [0.25, 0.3) is 0 Å². The first-order valence-electron chi connectivity index (χ1n) is 12.8. The van der Waals surface area contributed by atoms with Gasteiger partial charge in [0.1, 0.15) is 11.7 Å². The normalized spacial score (nSPS) is 19.4. The minimum Gasteiger partial charge on any atom is -0.394 e. The molecule has 1 aliphatic heterocycles. The topological polar surface area (TPSA) is 111 Å². The number of nitrogens with one attached hydrogen (secondary N) is 3. The smallest absolute Gasteiger partial charge is 0.211 e. The van der Waals surface area contributed by atoms with E-state index < -0.39 is 17.8 Å². The van der Waals surface area contributed by atoms with Crippen LogP contribution < -0.4 is 16.0 Å². The van der Waals surface area contributed by atoms with Gasteiger partial charge in [0, 0.05) is 18.8 Å². The van der Waals surface area contributed by atoms with Crippen molar-refractivity contribution in [1.29, 1.82) is 0 Å². The van der Waals surface area contributed by atoms with Crippen LogP contribution >= 0.6 is 23.2 Å². The predicted octanol–water partition coefficient (Wildman–Crippen LogP) is 5.53. The van der Waals surface area contributed by atoms with E-state index in [1.54, 1.807) is 19.1 Å². The average Bonchev–Trinajstić information content (AvgIpc) is 3.33. The summed E-state index contributed by atoms with van der Waals surface area (Å²) in [6, 6.07) is 0. The van der Waals surface area contributed by atoms with E-state index in [4.69, 9.17) is 33.4 Å². The zero-order chi connectivity index (χ0) is 31.1. The number of aliphatic hydroxyl groups excluding tert-OH is 2. The van der Waals surface area contributed by atoms with E-state index in [0.29, 0.717) is 49.9 Å². The highest BCUT2D eigenvalue weighted by molar-refractivity contribution is 6.31. The van der Waals surface area contributed by atoms with Crippen molar-refractivity contribution in [2.45, 2.75) is 53.6 Å². The first-order chi connectivity index (χ1) is 18.7. The molecule has 0 aromatic heterocycles. The summed E-state index contributed by atoms with van der Waals surface area (Å²) < 4.78 is 27.6. The van der Waals surface area contributed by atoms with Crippen molar-refractivity contribution in [2.24, 2.45) is 17.3 Å². The van der Waals surface area contributed by atoms with Crippen molar-refractivity contribution in [3.63, 3.8) is 0 Å². The molecule has 0 unspecified atom stereocenters. The first kappa shape index (κ1) is 39.8. The van der Waals surface area contributed by atoms with Gasteiger partial charge in [0.2, 0.25) is 12.8 Å². The molecular weight excluding hydrogens is 563 g/mol. The predicted molar refractivity (Wildman–Crippen MR) is 161 cm³/mol. The molecule has 0 bridgehead atoms. The minimum atomic E-state index is -0.711. The van der Waals surface area contributed by atoms with Gasteiger partial charge in [-0.3, -0.25) is 9.59 Å². The molecule has 3 atom stereocenters. The largest absolute Gasteiger partial charge is 0.394 e. The maximum Gasteiger partial charge on any atom is 0.211 e. The number of amides is 2. The van der Waals surface area contributed by atoms with Crippen LogP contribution in [0.15, 0.2) is 70.5 Å². The maximum absolute atomic E-state index is 14.0. The fraction of sp³-hybridized carbons (Fsp3) is 0.517. The standard InChI is InChI=1S/C19H22Cl2F2N2O.C5H11NO3.C5H12/c1-3-16(20)18(22)6-4-5-14-10-24-11-15(14)7-8-19(23)17(21)9-13(2)25-12-26;7-3-5(9)1-2-6-4-8;1-5(2,3)4/h3-4,6-9,12,14-15,24H,1,5,10-11H2,2H3,(H,25,26);4-5,7,9H,1-3H2,(H,6,8);1-4H3/b6-4-,8-7+,13-9+,18-16-,19-17-;;/t14-,15+;5-;/m01./s1. The van der Waals surface area contributed by atoms with E-state index in [1.807, 2.05) is 0 Å². The van der Waals surface area contributed by atoms with Crippen molar-refractivity contribution in [1.82, 2.24) is 16.0 Å². The van der Waals surface area contributed by atoms with Gasteiger partial charge in [-0.25, -0.2) is 8.78 Å². The van der Waals surface area contributed by atoms with Gasteiger partial charge in [-0.05, 0) is 67.9 Å². The Morgan fingerprint density at radius 3 is 2.23 bits per heavy atom. The van der Waals surface area contributed by atoms with E-state index in [1.165, 1.54) is 24.3 Å². The molecule has 0 saturated carbocycles.